The quantitative estimate of drug-likeness (QED) is 0.453. The number of urea groups is 1. The molecule has 0 spiro atoms. The predicted octanol–water partition coefficient (Wildman–Crippen LogP) is -0.473. The van der Waals surface area contributed by atoms with Gasteiger partial charge in [-0.15, -0.1) is 0 Å². The van der Waals surface area contributed by atoms with Gasteiger partial charge in [0, 0.05) is 5.69 Å². The summed E-state index contributed by atoms with van der Waals surface area (Å²) in [5, 5.41) is 11.1. The highest BCUT2D eigenvalue weighted by Crippen LogP contribution is 2.05. The zero-order chi connectivity index (χ0) is 10.7. The largest absolute Gasteiger partial charge is 0.353 e. The lowest BCUT2D eigenvalue weighted by Crippen LogP contribution is -2.69. The molecule has 1 heterocycles. The Hall–Kier alpha value is -1.79. The lowest BCUT2D eigenvalue weighted by atomic mass is 10.3. The first-order chi connectivity index (χ1) is 7.24. The second-order valence-electron chi connectivity index (χ2n) is 3.21. The van der Waals surface area contributed by atoms with Crippen molar-refractivity contribution < 1.29 is 4.79 Å². The molecule has 1 aliphatic heterocycles. The van der Waals surface area contributed by atoms with Crippen LogP contribution in [0.25, 0.3) is 0 Å². The van der Waals surface area contributed by atoms with E-state index in [2.05, 4.69) is 21.3 Å². The van der Waals surface area contributed by atoms with Crippen molar-refractivity contribution >= 4 is 11.7 Å². The molecule has 2 atom stereocenters. The van der Waals surface area contributed by atoms with Crippen LogP contribution in [-0.2, 0) is 0 Å². The molecule has 80 valence electrons. The van der Waals surface area contributed by atoms with Crippen LogP contribution in [0.5, 0.6) is 0 Å². The van der Waals surface area contributed by atoms with E-state index in [4.69, 9.17) is 5.73 Å². The zero-order valence-electron chi connectivity index (χ0n) is 8.03. The second-order valence-corrected chi connectivity index (χ2v) is 3.21. The molecule has 1 fully saturated rings. The van der Waals surface area contributed by atoms with Crippen LogP contribution >= 0.6 is 0 Å². The highest BCUT2D eigenvalue weighted by atomic mass is 16.2. The molecule has 2 amide bonds. The molecule has 0 saturated carbocycles. The van der Waals surface area contributed by atoms with E-state index in [0.29, 0.717) is 0 Å². The number of hydrogen-bond acceptors (Lipinski definition) is 4. The topological polar surface area (TPSA) is 91.2 Å². The van der Waals surface area contributed by atoms with Crippen molar-refractivity contribution in [1.82, 2.24) is 16.0 Å². The molecule has 2 unspecified atom stereocenters. The van der Waals surface area contributed by atoms with E-state index in [9.17, 15) is 4.79 Å². The van der Waals surface area contributed by atoms with Crippen LogP contribution in [0, 0.1) is 0 Å². The standard InChI is InChI=1S/C9H13N5O/c10-7-12-8(14-9(15)13-7)11-6-4-2-1-3-5-6/h1-5,7-8,11-12H,10H2,(H2,13,14,15). The molecular formula is C9H13N5O. The van der Waals surface area contributed by atoms with Crippen molar-refractivity contribution in [2.24, 2.45) is 5.73 Å². The minimum Gasteiger partial charge on any atom is -0.353 e. The van der Waals surface area contributed by atoms with Crippen molar-refractivity contribution in [3.8, 4) is 0 Å². The lowest BCUT2D eigenvalue weighted by Gasteiger charge is -2.31. The van der Waals surface area contributed by atoms with E-state index in [1.807, 2.05) is 30.3 Å². The molecule has 0 radical (unpaired) electrons. The van der Waals surface area contributed by atoms with E-state index in [1.54, 1.807) is 0 Å². The number of rotatable bonds is 2. The number of para-hydroxylation sites is 1. The number of hydrogen-bond donors (Lipinski definition) is 5. The van der Waals surface area contributed by atoms with Crippen molar-refractivity contribution in [2.75, 3.05) is 5.32 Å². The van der Waals surface area contributed by atoms with Gasteiger partial charge < -0.3 is 16.0 Å². The Morgan fingerprint density at radius 1 is 1.20 bits per heavy atom. The maximum Gasteiger partial charge on any atom is 0.319 e. The Morgan fingerprint density at radius 3 is 2.60 bits per heavy atom. The van der Waals surface area contributed by atoms with Gasteiger partial charge >= 0.3 is 6.03 Å². The Morgan fingerprint density at radius 2 is 1.93 bits per heavy atom. The molecule has 6 N–H and O–H groups in total. The monoisotopic (exact) mass is 207 g/mol. The Kier molecular flexibility index (Phi) is 2.70. The number of anilines is 1. The normalized spacial score (nSPS) is 25.3. The second kappa shape index (κ2) is 4.16. The predicted molar refractivity (Wildman–Crippen MR) is 56.6 cm³/mol. The van der Waals surface area contributed by atoms with Crippen LogP contribution in [0.4, 0.5) is 10.5 Å². The molecule has 1 aromatic rings. The van der Waals surface area contributed by atoms with Gasteiger partial charge in [-0.2, -0.15) is 0 Å². The van der Waals surface area contributed by atoms with Crippen LogP contribution < -0.4 is 27.0 Å². The summed E-state index contributed by atoms with van der Waals surface area (Å²) in [6, 6.07) is 9.25. The summed E-state index contributed by atoms with van der Waals surface area (Å²) in [4.78, 5) is 11.1. The van der Waals surface area contributed by atoms with Crippen molar-refractivity contribution in [3.63, 3.8) is 0 Å². The number of carbonyl (C=O) groups is 1. The summed E-state index contributed by atoms with van der Waals surface area (Å²) in [6.45, 7) is 0. The molecule has 0 aliphatic carbocycles. The average Bonchev–Trinajstić information content (AvgIpc) is 2.17. The maximum atomic E-state index is 11.1. The molecule has 0 aromatic heterocycles. The molecule has 2 rings (SSSR count). The number of carbonyl (C=O) groups excluding carboxylic acids is 1. The molecule has 1 aliphatic rings. The van der Waals surface area contributed by atoms with Gasteiger partial charge in [-0.05, 0) is 12.1 Å². The van der Waals surface area contributed by atoms with E-state index in [1.165, 1.54) is 0 Å². The minimum atomic E-state index is -0.542. The van der Waals surface area contributed by atoms with E-state index in [0.717, 1.165) is 5.69 Å². The highest BCUT2D eigenvalue weighted by molar-refractivity contribution is 5.75. The van der Waals surface area contributed by atoms with E-state index < -0.39 is 6.29 Å². The third-order valence-corrected chi connectivity index (χ3v) is 1.99. The number of benzene rings is 1. The fourth-order valence-electron chi connectivity index (χ4n) is 1.36. The number of nitrogens with two attached hydrogens (primary N) is 1. The van der Waals surface area contributed by atoms with Gasteiger partial charge in [-0.25, -0.2) is 10.1 Å². The van der Waals surface area contributed by atoms with Crippen LogP contribution in [0.1, 0.15) is 0 Å². The van der Waals surface area contributed by atoms with Crippen molar-refractivity contribution in [1.29, 1.82) is 0 Å². The van der Waals surface area contributed by atoms with Gasteiger partial charge in [0.25, 0.3) is 0 Å². The van der Waals surface area contributed by atoms with Crippen LogP contribution in [0.3, 0.4) is 0 Å². The van der Waals surface area contributed by atoms with Crippen LogP contribution in [0.15, 0.2) is 30.3 Å². The molecular weight excluding hydrogens is 194 g/mol. The van der Waals surface area contributed by atoms with Crippen LogP contribution in [0.2, 0.25) is 0 Å². The third-order valence-electron chi connectivity index (χ3n) is 1.99. The lowest BCUT2D eigenvalue weighted by molar-refractivity contribution is 0.213. The summed E-state index contributed by atoms with van der Waals surface area (Å²) in [5.74, 6) is 0. The Balaban J connectivity index is 1.97. The van der Waals surface area contributed by atoms with Gasteiger partial charge in [0.15, 0.2) is 6.29 Å². The van der Waals surface area contributed by atoms with Gasteiger partial charge in [-0.1, -0.05) is 18.2 Å². The van der Waals surface area contributed by atoms with Gasteiger partial charge in [0.2, 0.25) is 0 Å². The molecule has 6 nitrogen and oxygen atoms in total. The molecule has 1 aromatic carbocycles. The fourth-order valence-corrected chi connectivity index (χ4v) is 1.36. The summed E-state index contributed by atoms with van der Waals surface area (Å²) >= 11 is 0. The average molecular weight is 207 g/mol. The van der Waals surface area contributed by atoms with E-state index >= 15 is 0 Å². The first-order valence-corrected chi connectivity index (χ1v) is 4.64. The molecule has 15 heavy (non-hydrogen) atoms. The summed E-state index contributed by atoms with van der Waals surface area (Å²) in [5.41, 5.74) is 6.45. The molecule has 0 bridgehead atoms. The first-order valence-electron chi connectivity index (χ1n) is 4.64. The summed E-state index contributed by atoms with van der Waals surface area (Å²) in [6.07, 6.45) is -0.906. The molecule has 1 saturated heterocycles. The number of amides is 2. The Bertz CT molecular complexity index is 342. The zero-order valence-corrected chi connectivity index (χ0v) is 8.03. The van der Waals surface area contributed by atoms with E-state index in [-0.39, 0.29) is 12.3 Å². The van der Waals surface area contributed by atoms with Gasteiger partial charge in [-0.3, -0.25) is 5.73 Å². The fraction of sp³-hybridized carbons (Fsp3) is 0.222. The summed E-state index contributed by atoms with van der Waals surface area (Å²) in [7, 11) is 0. The van der Waals surface area contributed by atoms with Crippen molar-refractivity contribution in [2.45, 2.75) is 12.6 Å². The first kappa shape index (κ1) is 9.75. The van der Waals surface area contributed by atoms with Crippen molar-refractivity contribution in [3.05, 3.63) is 30.3 Å². The minimum absolute atomic E-state index is 0.297. The Labute approximate surface area is 87.2 Å². The third kappa shape index (κ3) is 2.58. The number of nitrogens with one attached hydrogen (secondary N) is 4. The van der Waals surface area contributed by atoms with Gasteiger partial charge in [0.05, 0.1) is 0 Å². The highest BCUT2D eigenvalue weighted by Gasteiger charge is 2.21. The SMILES string of the molecule is NC1NC(=O)NC(Nc2ccccc2)N1. The molecule has 6 heteroatoms. The maximum absolute atomic E-state index is 11.1. The smallest absolute Gasteiger partial charge is 0.319 e. The van der Waals surface area contributed by atoms with Gasteiger partial charge in [0.1, 0.15) is 6.29 Å². The van der Waals surface area contributed by atoms with Crippen LogP contribution in [-0.4, -0.2) is 18.6 Å². The summed E-state index contributed by atoms with van der Waals surface area (Å²) < 4.78 is 0.